The Kier molecular flexibility index (Phi) is 22.1. The number of nitrogens with one attached hydrogen (secondary N) is 1. The molecule has 2 aromatic rings. The van der Waals surface area contributed by atoms with Gasteiger partial charge in [0, 0.05) is 18.4 Å². The first kappa shape index (κ1) is 32.4. The molecular formula is C29H45FN2O. The zero-order chi connectivity index (χ0) is 25.5. The number of halogens is 1. The molecule has 1 aromatic carbocycles. The molecule has 1 amide bonds. The van der Waals surface area contributed by atoms with Crippen LogP contribution < -0.4 is 5.32 Å². The summed E-state index contributed by atoms with van der Waals surface area (Å²) in [7, 11) is 0. The third-order valence-corrected chi connectivity index (χ3v) is 4.12. The Morgan fingerprint density at radius 1 is 0.970 bits per heavy atom. The van der Waals surface area contributed by atoms with Crippen molar-refractivity contribution in [2.75, 3.05) is 0 Å². The van der Waals surface area contributed by atoms with E-state index in [0.717, 1.165) is 29.7 Å². The van der Waals surface area contributed by atoms with Gasteiger partial charge in [-0.15, -0.1) is 0 Å². The Morgan fingerprint density at radius 3 is 2.27 bits per heavy atom. The van der Waals surface area contributed by atoms with Crippen molar-refractivity contribution >= 4 is 11.5 Å². The highest BCUT2D eigenvalue weighted by atomic mass is 19.1. The van der Waals surface area contributed by atoms with Crippen LogP contribution in [0.5, 0.6) is 0 Å². The van der Waals surface area contributed by atoms with E-state index in [0.29, 0.717) is 6.54 Å². The predicted molar refractivity (Wildman–Crippen MR) is 143 cm³/mol. The number of nitrogens with zero attached hydrogens (tertiary/aromatic N) is 1. The minimum atomic E-state index is -0.300. The van der Waals surface area contributed by atoms with Crippen LogP contribution >= 0.6 is 0 Å². The molecule has 0 atom stereocenters. The number of carbonyl (C=O) groups excluding carboxylic acids is 1. The zero-order valence-corrected chi connectivity index (χ0v) is 22.0. The molecule has 4 heteroatoms. The van der Waals surface area contributed by atoms with Gasteiger partial charge in [0.25, 0.3) is 0 Å². The van der Waals surface area contributed by atoms with Crippen LogP contribution in [0.15, 0.2) is 60.8 Å². The van der Waals surface area contributed by atoms with Crippen LogP contribution in [0.25, 0.3) is 5.57 Å². The van der Waals surface area contributed by atoms with Gasteiger partial charge in [0.1, 0.15) is 5.82 Å². The molecule has 0 fully saturated rings. The van der Waals surface area contributed by atoms with Crippen molar-refractivity contribution in [2.45, 2.75) is 87.6 Å². The summed E-state index contributed by atoms with van der Waals surface area (Å²) in [6, 6.07) is 10.1. The van der Waals surface area contributed by atoms with Gasteiger partial charge in [0.15, 0.2) is 0 Å². The standard InChI is InChI=1S/C21H21FN2O.4C2H6/c22-19-9-5-6-16(12-19)14-24-21(25)13-20-11-10-18(15-23-20)17-7-3-1-2-4-8-17;4*1-2/h3,5-12,15H,1-2,4,13-14H2,(H,24,25);4*1-2H3. The first-order valence-corrected chi connectivity index (χ1v) is 12.5. The van der Waals surface area contributed by atoms with Gasteiger partial charge in [-0.2, -0.15) is 0 Å². The van der Waals surface area contributed by atoms with Crippen LogP contribution in [-0.2, 0) is 17.8 Å². The summed E-state index contributed by atoms with van der Waals surface area (Å²) >= 11 is 0. The molecule has 1 N–H and O–H groups in total. The van der Waals surface area contributed by atoms with E-state index in [4.69, 9.17) is 0 Å². The lowest BCUT2D eigenvalue weighted by Crippen LogP contribution is -2.24. The van der Waals surface area contributed by atoms with E-state index in [-0.39, 0.29) is 18.1 Å². The molecule has 0 aliphatic heterocycles. The van der Waals surface area contributed by atoms with Gasteiger partial charge in [-0.3, -0.25) is 9.78 Å². The maximum atomic E-state index is 13.1. The average Bonchev–Trinajstić information content (AvgIpc) is 3.18. The van der Waals surface area contributed by atoms with Crippen LogP contribution in [0.1, 0.15) is 91.5 Å². The Labute approximate surface area is 202 Å². The minimum Gasteiger partial charge on any atom is -0.352 e. The topological polar surface area (TPSA) is 42.0 Å². The quantitative estimate of drug-likeness (QED) is 0.491. The van der Waals surface area contributed by atoms with Gasteiger partial charge in [-0.05, 0) is 54.2 Å². The van der Waals surface area contributed by atoms with Crippen LogP contribution in [0.2, 0.25) is 0 Å². The molecule has 184 valence electrons. The molecule has 1 aliphatic carbocycles. The largest absolute Gasteiger partial charge is 0.352 e. The van der Waals surface area contributed by atoms with E-state index in [1.807, 2.05) is 73.7 Å². The lowest BCUT2D eigenvalue weighted by molar-refractivity contribution is -0.120. The first-order valence-electron chi connectivity index (χ1n) is 12.5. The van der Waals surface area contributed by atoms with Gasteiger partial charge in [0.05, 0.1) is 6.42 Å². The summed E-state index contributed by atoms with van der Waals surface area (Å²) in [5, 5.41) is 2.79. The summed E-state index contributed by atoms with van der Waals surface area (Å²) in [5.74, 6) is -0.427. The van der Waals surface area contributed by atoms with E-state index >= 15 is 0 Å². The molecule has 0 spiro atoms. The molecule has 1 aromatic heterocycles. The van der Waals surface area contributed by atoms with Gasteiger partial charge in [-0.1, -0.05) is 91.8 Å². The average molecular weight is 457 g/mol. The second-order valence-electron chi connectivity index (χ2n) is 6.11. The Hall–Kier alpha value is -2.75. The molecule has 1 heterocycles. The number of carbonyl (C=O) groups is 1. The zero-order valence-electron chi connectivity index (χ0n) is 22.0. The number of amides is 1. The van der Waals surface area contributed by atoms with Crippen molar-refractivity contribution in [1.82, 2.24) is 10.3 Å². The number of aromatic nitrogens is 1. The smallest absolute Gasteiger partial charge is 0.226 e. The van der Waals surface area contributed by atoms with Crippen LogP contribution in [0.4, 0.5) is 4.39 Å². The fourth-order valence-electron chi connectivity index (χ4n) is 2.76. The lowest BCUT2D eigenvalue weighted by Gasteiger charge is -2.07. The predicted octanol–water partition coefficient (Wildman–Crippen LogP) is 8.31. The second-order valence-corrected chi connectivity index (χ2v) is 6.11. The van der Waals surface area contributed by atoms with E-state index < -0.39 is 0 Å². The molecule has 33 heavy (non-hydrogen) atoms. The maximum Gasteiger partial charge on any atom is 0.226 e. The van der Waals surface area contributed by atoms with Gasteiger partial charge in [-0.25, -0.2) is 4.39 Å². The van der Waals surface area contributed by atoms with Crippen molar-refractivity contribution in [1.29, 1.82) is 0 Å². The Balaban J connectivity index is 0. The highest BCUT2D eigenvalue weighted by Gasteiger charge is 2.07. The number of hydrogen-bond donors (Lipinski definition) is 1. The number of hydrogen-bond acceptors (Lipinski definition) is 2. The van der Waals surface area contributed by atoms with Crippen LogP contribution in [0, 0.1) is 5.82 Å². The second kappa shape index (κ2) is 22.4. The third kappa shape index (κ3) is 14.1. The molecule has 0 saturated carbocycles. The molecule has 1 aliphatic rings. The highest BCUT2D eigenvalue weighted by molar-refractivity contribution is 5.78. The molecule has 3 rings (SSSR count). The SMILES string of the molecule is CC.CC.CC.CC.O=C(Cc1ccc(C2=CCCCC=C2)cn1)NCc1cccc(F)c1. The van der Waals surface area contributed by atoms with Crippen LogP contribution in [0.3, 0.4) is 0 Å². The first-order chi connectivity index (χ1) is 16.2. The Bertz CT molecular complexity index is 796. The van der Waals surface area contributed by atoms with Gasteiger partial charge in [0.2, 0.25) is 5.91 Å². The summed E-state index contributed by atoms with van der Waals surface area (Å²) in [6.45, 7) is 16.3. The minimum absolute atomic E-state index is 0.127. The van der Waals surface area contributed by atoms with Crippen molar-refractivity contribution in [3.8, 4) is 0 Å². The van der Waals surface area contributed by atoms with Crippen molar-refractivity contribution in [3.05, 3.63) is 83.5 Å². The normalized spacial score (nSPS) is 11.2. The number of benzene rings is 1. The summed E-state index contributed by atoms with van der Waals surface area (Å²) in [6.07, 6.45) is 11.9. The molecule has 0 saturated heterocycles. The monoisotopic (exact) mass is 456 g/mol. The van der Waals surface area contributed by atoms with Crippen molar-refractivity contribution in [2.24, 2.45) is 0 Å². The van der Waals surface area contributed by atoms with Crippen molar-refractivity contribution < 1.29 is 9.18 Å². The third-order valence-electron chi connectivity index (χ3n) is 4.12. The summed E-state index contributed by atoms with van der Waals surface area (Å²) in [4.78, 5) is 16.4. The van der Waals surface area contributed by atoms with E-state index in [1.54, 1.807) is 12.1 Å². The molecular weight excluding hydrogens is 411 g/mol. The molecule has 0 bridgehead atoms. The highest BCUT2D eigenvalue weighted by Crippen LogP contribution is 2.20. The van der Waals surface area contributed by atoms with E-state index in [1.165, 1.54) is 24.1 Å². The number of rotatable bonds is 5. The lowest BCUT2D eigenvalue weighted by atomic mass is 10.1. The van der Waals surface area contributed by atoms with Crippen molar-refractivity contribution in [3.63, 3.8) is 0 Å². The fraction of sp³-hybridized carbons (Fsp3) is 0.448. The molecule has 3 nitrogen and oxygen atoms in total. The Morgan fingerprint density at radius 2 is 1.67 bits per heavy atom. The van der Waals surface area contributed by atoms with Gasteiger partial charge < -0.3 is 5.32 Å². The van der Waals surface area contributed by atoms with Crippen LogP contribution in [-0.4, -0.2) is 10.9 Å². The molecule has 0 unspecified atom stereocenters. The maximum absolute atomic E-state index is 13.1. The number of allylic oxidation sites excluding steroid dienone is 4. The summed E-state index contributed by atoms with van der Waals surface area (Å²) < 4.78 is 13.1. The van der Waals surface area contributed by atoms with E-state index in [9.17, 15) is 9.18 Å². The fourth-order valence-corrected chi connectivity index (χ4v) is 2.76. The van der Waals surface area contributed by atoms with Gasteiger partial charge >= 0.3 is 0 Å². The summed E-state index contributed by atoms with van der Waals surface area (Å²) in [5.41, 5.74) is 3.72. The number of pyridine rings is 1. The van der Waals surface area contributed by atoms with E-state index in [2.05, 4.69) is 28.5 Å². The molecule has 0 radical (unpaired) electrons.